The van der Waals surface area contributed by atoms with E-state index in [1.54, 1.807) is 0 Å². The van der Waals surface area contributed by atoms with Crippen LogP contribution < -0.4 is 10.6 Å². The fourth-order valence-corrected chi connectivity index (χ4v) is 3.04. The normalized spacial score (nSPS) is 20.5. The summed E-state index contributed by atoms with van der Waals surface area (Å²) in [5, 5.41) is 16.0. The maximum atomic E-state index is 12.2. The van der Waals surface area contributed by atoms with Crippen LogP contribution in [-0.4, -0.2) is 23.2 Å². The van der Waals surface area contributed by atoms with Crippen LogP contribution in [0.25, 0.3) is 0 Å². The lowest BCUT2D eigenvalue weighted by molar-refractivity contribution is 0.102. The highest BCUT2D eigenvalue weighted by atomic mass is 16.3. The first-order chi connectivity index (χ1) is 11.7. The van der Waals surface area contributed by atoms with Crippen molar-refractivity contribution in [2.24, 2.45) is 0 Å². The number of hydrogen-bond acceptors (Lipinski definition) is 3. The van der Waals surface area contributed by atoms with Gasteiger partial charge >= 0.3 is 0 Å². The van der Waals surface area contributed by atoms with Gasteiger partial charge in [-0.2, -0.15) is 0 Å². The van der Waals surface area contributed by atoms with Gasteiger partial charge in [0, 0.05) is 23.8 Å². The third-order valence-corrected chi connectivity index (χ3v) is 4.54. The molecule has 1 aliphatic carbocycles. The van der Waals surface area contributed by atoms with Crippen molar-refractivity contribution in [2.45, 2.75) is 44.4 Å². The standard InChI is InChI=1S/C20H24N2O2/c23-19-12-10-17(11-13-19)21-14-15-6-8-16(9-7-15)20(24)22-18-4-2-1-3-5-18/h1-9,17,19,21,23H,10-14H2,(H,22,24). The minimum Gasteiger partial charge on any atom is -0.393 e. The van der Waals surface area contributed by atoms with Gasteiger partial charge in [-0.05, 0) is 55.5 Å². The van der Waals surface area contributed by atoms with Crippen LogP contribution in [0.2, 0.25) is 0 Å². The lowest BCUT2D eigenvalue weighted by Crippen LogP contribution is -2.34. The number of anilines is 1. The van der Waals surface area contributed by atoms with Gasteiger partial charge in [0.2, 0.25) is 0 Å². The van der Waals surface area contributed by atoms with E-state index in [2.05, 4.69) is 10.6 Å². The molecule has 4 nitrogen and oxygen atoms in total. The van der Waals surface area contributed by atoms with E-state index in [9.17, 15) is 9.90 Å². The molecular weight excluding hydrogens is 300 g/mol. The third kappa shape index (κ3) is 4.66. The summed E-state index contributed by atoms with van der Waals surface area (Å²) in [5.74, 6) is -0.0954. The lowest BCUT2D eigenvalue weighted by Gasteiger charge is -2.26. The first kappa shape index (κ1) is 16.7. The number of carbonyl (C=O) groups is 1. The summed E-state index contributed by atoms with van der Waals surface area (Å²) in [4.78, 5) is 12.2. The van der Waals surface area contributed by atoms with Gasteiger partial charge in [-0.1, -0.05) is 30.3 Å². The van der Waals surface area contributed by atoms with Crippen molar-refractivity contribution in [2.75, 3.05) is 5.32 Å². The van der Waals surface area contributed by atoms with Gasteiger partial charge in [0.05, 0.1) is 6.10 Å². The van der Waals surface area contributed by atoms with Crippen molar-refractivity contribution < 1.29 is 9.90 Å². The molecule has 1 saturated carbocycles. The highest BCUT2D eigenvalue weighted by molar-refractivity contribution is 6.04. The van der Waals surface area contributed by atoms with Crippen LogP contribution in [-0.2, 0) is 6.54 Å². The Bertz CT molecular complexity index is 647. The van der Waals surface area contributed by atoms with Gasteiger partial charge in [-0.25, -0.2) is 0 Å². The van der Waals surface area contributed by atoms with Gasteiger partial charge in [0.25, 0.3) is 5.91 Å². The van der Waals surface area contributed by atoms with Gasteiger partial charge in [0.15, 0.2) is 0 Å². The molecule has 3 N–H and O–H groups in total. The second-order valence-corrected chi connectivity index (χ2v) is 6.40. The van der Waals surface area contributed by atoms with Crippen LogP contribution in [0, 0.1) is 0 Å². The smallest absolute Gasteiger partial charge is 0.255 e. The fourth-order valence-electron chi connectivity index (χ4n) is 3.04. The molecule has 0 heterocycles. The second kappa shape index (κ2) is 8.08. The summed E-state index contributed by atoms with van der Waals surface area (Å²) in [6, 6.07) is 17.6. The Kier molecular flexibility index (Phi) is 5.62. The Labute approximate surface area is 142 Å². The van der Waals surface area contributed by atoms with Crippen molar-refractivity contribution in [3.05, 3.63) is 65.7 Å². The van der Waals surface area contributed by atoms with Crippen molar-refractivity contribution in [3.63, 3.8) is 0 Å². The molecule has 1 aliphatic rings. The highest BCUT2D eigenvalue weighted by Crippen LogP contribution is 2.19. The molecule has 0 atom stereocenters. The Morgan fingerprint density at radius 3 is 2.29 bits per heavy atom. The minimum atomic E-state index is -0.120. The van der Waals surface area contributed by atoms with E-state index in [-0.39, 0.29) is 12.0 Å². The molecule has 0 saturated heterocycles. The maximum absolute atomic E-state index is 12.2. The Hall–Kier alpha value is -2.17. The molecule has 0 spiro atoms. The molecule has 0 aliphatic heterocycles. The molecule has 4 heteroatoms. The molecule has 1 fully saturated rings. The molecule has 2 aromatic carbocycles. The molecule has 0 radical (unpaired) electrons. The number of para-hydroxylation sites is 1. The summed E-state index contributed by atoms with van der Waals surface area (Å²) >= 11 is 0. The quantitative estimate of drug-likeness (QED) is 0.790. The minimum absolute atomic E-state index is 0.0954. The summed E-state index contributed by atoms with van der Waals surface area (Å²) in [6.07, 6.45) is 3.70. The molecular formula is C20H24N2O2. The first-order valence-electron chi connectivity index (χ1n) is 8.57. The summed E-state index contributed by atoms with van der Waals surface area (Å²) < 4.78 is 0. The second-order valence-electron chi connectivity index (χ2n) is 6.40. The van der Waals surface area contributed by atoms with Crippen LogP contribution in [0.1, 0.15) is 41.6 Å². The zero-order chi connectivity index (χ0) is 16.8. The van der Waals surface area contributed by atoms with Crippen LogP contribution in [0.5, 0.6) is 0 Å². The zero-order valence-electron chi connectivity index (χ0n) is 13.7. The summed E-state index contributed by atoms with van der Waals surface area (Å²) in [6.45, 7) is 0.793. The van der Waals surface area contributed by atoms with E-state index in [1.165, 1.54) is 0 Å². The van der Waals surface area contributed by atoms with E-state index < -0.39 is 0 Å². The van der Waals surface area contributed by atoms with E-state index in [4.69, 9.17) is 0 Å². The average Bonchev–Trinajstić information content (AvgIpc) is 2.62. The molecule has 1 amide bonds. The summed E-state index contributed by atoms with van der Waals surface area (Å²) in [7, 11) is 0. The van der Waals surface area contributed by atoms with Gasteiger partial charge in [-0.15, -0.1) is 0 Å². The van der Waals surface area contributed by atoms with E-state index in [0.717, 1.165) is 43.5 Å². The zero-order valence-corrected chi connectivity index (χ0v) is 13.7. The highest BCUT2D eigenvalue weighted by Gasteiger charge is 2.18. The average molecular weight is 324 g/mol. The maximum Gasteiger partial charge on any atom is 0.255 e. The number of hydrogen-bond donors (Lipinski definition) is 3. The molecule has 0 bridgehead atoms. The first-order valence-corrected chi connectivity index (χ1v) is 8.57. The van der Waals surface area contributed by atoms with E-state index in [1.807, 2.05) is 54.6 Å². The Morgan fingerprint density at radius 1 is 0.958 bits per heavy atom. The molecule has 24 heavy (non-hydrogen) atoms. The number of benzene rings is 2. The Balaban J connectivity index is 1.50. The van der Waals surface area contributed by atoms with Crippen LogP contribution in [0.3, 0.4) is 0 Å². The molecule has 126 valence electrons. The monoisotopic (exact) mass is 324 g/mol. The number of carbonyl (C=O) groups excluding carboxylic acids is 1. The Morgan fingerprint density at radius 2 is 1.62 bits per heavy atom. The number of aliphatic hydroxyl groups is 1. The van der Waals surface area contributed by atoms with E-state index in [0.29, 0.717) is 11.6 Å². The van der Waals surface area contributed by atoms with Crippen molar-refractivity contribution in [1.29, 1.82) is 0 Å². The van der Waals surface area contributed by atoms with E-state index >= 15 is 0 Å². The van der Waals surface area contributed by atoms with Crippen LogP contribution in [0.15, 0.2) is 54.6 Å². The topological polar surface area (TPSA) is 61.4 Å². The lowest BCUT2D eigenvalue weighted by atomic mass is 9.93. The predicted molar refractivity (Wildman–Crippen MR) is 95.9 cm³/mol. The van der Waals surface area contributed by atoms with Crippen LogP contribution in [0.4, 0.5) is 5.69 Å². The number of nitrogens with one attached hydrogen (secondary N) is 2. The number of amides is 1. The molecule has 2 aromatic rings. The van der Waals surface area contributed by atoms with Crippen LogP contribution >= 0.6 is 0 Å². The van der Waals surface area contributed by atoms with Crippen molar-refractivity contribution >= 4 is 11.6 Å². The molecule has 0 aromatic heterocycles. The number of rotatable bonds is 5. The molecule has 3 rings (SSSR count). The SMILES string of the molecule is O=C(Nc1ccccc1)c1ccc(CNC2CCC(O)CC2)cc1. The predicted octanol–water partition coefficient (Wildman–Crippen LogP) is 3.33. The van der Waals surface area contributed by atoms with Gasteiger partial charge < -0.3 is 15.7 Å². The largest absolute Gasteiger partial charge is 0.393 e. The summed E-state index contributed by atoms with van der Waals surface area (Å²) in [5.41, 5.74) is 2.62. The third-order valence-electron chi connectivity index (χ3n) is 4.54. The van der Waals surface area contributed by atoms with Gasteiger partial charge in [0.1, 0.15) is 0 Å². The van der Waals surface area contributed by atoms with Crippen molar-refractivity contribution in [1.82, 2.24) is 5.32 Å². The van der Waals surface area contributed by atoms with Gasteiger partial charge in [-0.3, -0.25) is 4.79 Å². The number of aliphatic hydroxyl groups excluding tert-OH is 1. The fraction of sp³-hybridized carbons (Fsp3) is 0.350. The molecule has 0 unspecified atom stereocenters. The van der Waals surface area contributed by atoms with Crippen molar-refractivity contribution in [3.8, 4) is 0 Å².